The molecule has 1 aromatic heterocycles. The monoisotopic (exact) mass is 378 g/mol. The van der Waals surface area contributed by atoms with Crippen LogP contribution in [0.2, 0.25) is 0 Å². The number of hydrogen-bond donors (Lipinski definition) is 2. The largest absolute Gasteiger partial charge is 0.370 e. The van der Waals surface area contributed by atoms with Gasteiger partial charge in [-0.15, -0.1) is 0 Å². The minimum absolute atomic E-state index is 0.0173. The summed E-state index contributed by atoms with van der Waals surface area (Å²) in [6.07, 6.45) is 4.23. The molecule has 3 fully saturated rings. The topological polar surface area (TPSA) is 122 Å². The first-order valence-corrected chi connectivity index (χ1v) is 10.5. The summed E-state index contributed by atoms with van der Waals surface area (Å²) in [5.41, 5.74) is 5.79. The summed E-state index contributed by atoms with van der Waals surface area (Å²) >= 11 is 0. The predicted molar refractivity (Wildman–Crippen MR) is 95.2 cm³/mol. The van der Waals surface area contributed by atoms with Gasteiger partial charge in [-0.25, -0.2) is 13.4 Å². The maximum Gasteiger partial charge on any atom is 0.255 e. The van der Waals surface area contributed by atoms with Gasteiger partial charge in [-0.2, -0.15) is 0 Å². The average molecular weight is 378 g/mol. The van der Waals surface area contributed by atoms with E-state index in [-0.39, 0.29) is 31.2 Å². The SMILES string of the molecule is NC(=O)C1CCS(=O)(=O)C12CN(C(=O)c1ccc(NCC3CC3)nc1)C2. The van der Waals surface area contributed by atoms with Gasteiger partial charge in [0.2, 0.25) is 5.91 Å². The summed E-state index contributed by atoms with van der Waals surface area (Å²) in [6, 6.07) is 3.44. The van der Waals surface area contributed by atoms with Crippen LogP contribution < -0.4 is 11.1 Å². The number of pyridine rings is 1. The van der Waals surface area contributed by atoms with Crippen molar-refractivity contribution in [2.75, 3.05) is 30.7 Å². The number of carbonyl (C=O) groups excluding carboxylic acids is 2. The Labute approximate surface area is 152 Å². The molecule has 2 amide bonds. The number of nitrogens with two attached hydrogens (primary N) is 1. The van der Waals surface area contributed by atoms with Crippen LogP contribution in [0, 0.1) is 11.8 Å². The molecule has 3 N–H and O–H groups in total. The molecule has 1 saturated carbocycles. The van der Waals surface area contributed by atoms with Crippen molar-refractivity contribution in [2.45, 2.75) is 24.0 Å². The van der Waals surface area contributed by atoms with Gasteiger partial charge in [0.05, 0.1) is 17.2 Å². The fraction of sp³-hybridized carbons (Fsp3) is 0.588. The first kappa shape index (κ1) is 17.3. The van der Waals surface area contributed by atoms with Gasteiger partial charge in [-0.3, -0.25) is 9.59 Å². The van der Waals surface area contributed by atoms with Crippen LogP contribution in [0.4, 0.5) is 5.82 Å². The molecule has 2 aliphatic heterocycles. The molecule has 3 heterocycles. The van der Waals surface area contributed by atoms with E-state index in [1.54, 1.807) is 12.1 Å². The Morgan fingerprint density at radius 3 is 2.58 bits per heavy atom. The van der Waals surface area contributed by atoms with Gasteiger partial charge in [-0.05, 0) is 37.3 Å². The zero-order chi connectivity index (χ0) is 18.5. The number of amides is 2. The van der Waals surface area contributed by atoms with Crippen molar-refractivity contribution in [1.29, 1.82) is 0 Å². The third-order valence-corrected chi connectivity index (χ3v) is 8.31. The Kier molecular flexibility index (Phi) is 3.94. The van der Waals surface area contributed by atoms with Crippen molar-refractivity contribution in [3.63, 3.8) is 0 Å². The van der Waals surface area contributed by atoms with Gasteiger partial charge >= 0.3 is 0 Å². The van der Waals surface area contributed by atoms with E-state index in [9.17, 15) is 18.0 Å². The Morgan fingerprint density at radius 1 is 1.27 bits per heavy atom. The van der Waals surface area contributed by atoms with Gasteiger partial charge in [0.15, 0.2) is 9.84 Å². The van der Waals surface area contributed by atoms with Crippen LogP contribution in [0.25, 0.3) is 0 Å². The number of hydrogen-bond acceptors (Lipinski definition) is 6. The highest BCUT2D eigenvalue weighted by molar-refractivity contribution is 7.93. The molecule has 1 aromatic rings. The second kappa shape index (κ2) is 5.94. The molecule has 9 heteroatoms. The van der Waals surface area contributed by atoms with Crippen molar-refractivity contribution in [2.24, 2.45) is 17.6 Å². The maximum atomic E-state index is 12.6. The number of primary amides is 1. The Balaban J connectivity index is 1.43. The Hall–Kier alpha value is -2.16. The molecule has 3 aliphatic rings. The van der Waals surface area contributed by atoms with Gasteiger partial charge in [0.25, 0.3) is 5.91 Å². The number of rotatable bonds is 5. The van der Waals surface area contributed by atoms with E-state index in [2.05, 4.69) is 10.3 Å². The van der Waals surface area contributed by atoms with Crippen LogP contribution in [0.1, 0.15) is 29.6 Å². The third-order valence-electron chi connectivity index (χ3n) is 5.76. The van der Waals surface area contributed by atoms with Gasteiger partial charge < -0.3 is 16.0 Å². The summed E-state index contributed by atoms with van der Waals surface area (Å²) in [6.45, 7) is 0.925. The Morgan fingerprint density at radius 2 is 2.00 bits per heavy atom. The minimum Gasteiger partial charge on any atom is -0.370 e. The number of nitrogens with one attached hydrogen (secondary N) is 1. The molecule has 8 nitrogen and oxygen atoms in total. The van der Waals surface area contributed by atoms with Crippen molar-refractivity contribution in [3.8, 4) is 0 Å². The number of nitrogens with zero attached hydrogens (tertiary/aromatic N) is 2. The van der Waals surface area contributed by atoms with Crippen molar-refractivity contribution >= 4 is 27.5 Å². The van der Waals surface area contributed by atoms with E-state index in [1.165, 1.54) is 23.9 Å². The summed E-state index contributed by atoms with van der Waals surface area (Å²) in [4.78, 5) is 29.9. The second-order valence-electron chi connectivity index (χ2n) is 7.54. The summed E-state index contributed by atoms with van der Waals surface area (Å²) in [7, 11) is -3.43. The lowest BCUT2D eigenvalue weighted by atomic mass is 9.82. The van der Waals surface area contributed by atoms with Crippen LogP contribution in [0.3, 0.4) is 0 Å². The molecular weight excluding hydrogens is 356 g/mol. The smallest absolute Gasteiger partial charge is 0.255 e. The average Bonchev–Trinajstić information content (AvgIpc) is 3.34. The van der Waals surface area contributed by atoms with Gasteiger partial charge in [0, 0.05) is 25.8 Å². The number of carbonyl (C=O) groups is 2. The van der Waals surface area contributed by atoms with Crippen molar-refractivity contribution in [1.82, 2.24) is 9.88 Å². The van der Waals surface area contributed by atoms with Crippen LogP contribution in [0.15, 0.2) is 18.3 Å². The van der Waals surface area contributed by atoms with E-state index >= 15 is 0 Å². The summed E-state index contributed by atoms with van der Waals surface area (Å²) < 4.78 is 23.6. The lowest BCUT2D eigenvalue weighted by molar-refractivity contribution is -0.124. The molecule has 140 valence electrons. The molecule has 1 atom stereocenters. The van der Waals surface area contributed by atoms with Crippen LogP contribution >= 0.6 is 0 Å². The fourth-order valence-electron chi connectivity index (χ4n) is 3.90. The molecule has 1 aliphatic carbocycles. The molecule has 1 spiro atoms. The predicted octanol–water partition coefficient (Wildman–Crippen LogP) is 0.0181. The number of likely N-dealkylation sites (tertiary alicyclic amines) is 1. The fourth-order valence-corrected chi connectivity index (χ4v) is 6.22. The van der Waals surface area contributed by atoms with E-state index in [0.29, 0.717) is 5.56 Å². The molecule has 26 heavy (non-hydrogen) atoms. The van der Waals surface area contributed by atoms with E-state index < -0.39 is 26.4 Å². The van der Waals surface area contributed by atoms with Crippen LogP contribution in [0.5, 0.6) is 0 Å². The summed E-state index contributed by atoms with van der Waals surface area (Å²) in [5.74, 6) is -0.203. The molecule has 4 rings (SSSR count). The highest BCUT2D eigenvalue weighted by Crippen LogP contribution is 2.45. The van der Waals surface area contributed by atoms with Gasteiger partial charge in [0.1, 0.15) is 10.6 Å². The number of aromatic nitrogens is 1. The standard InChI is InChI=1S/C17H22N4O4S/c18-15(22)13-5-6-26(24,25)17(13)9-21(10-17)16(23)12-3-4-14(20-8-12)19-7-11-1-2-11/h3-4,8,11,13H,1-2,5-7,9-10H2,(H2,18,22)(H,19,20). The van der Waals surface area contributed by atoms with Crippen LogP contribution in [-0.4, -0.2) is 60.3 Å². The normalized spacial score (nSPS) is 25.7. The van der Waals surface area contributed by atoms with E-state index in [1.807, 2.05) is 0 Å². The number of anilines is 1. The summed E-state index contributed by atoms with van der Waals surface area (Å²) in [5, 5.41) is 3.23. The van der Waals surface area contributed by atoms with E-state index in [0.717, 1.165) is 18.3 Å². The van der Waals surface area contributed by atoms with Crippen LogP contribution in [-0.2, 0) is 14.6 Å². The lowest BCUT2D eigenvalue weighted by Gasteiger charge is -2.49. The zero-order valence-corrected chi connectivity index (χ0v) is 15.2. The first-order chi connectivity index (χ1) is 12.3. The maximum absolute atomic E-state index is 12.6. The quantitative estimate of drug-likeness (QED) is 0.745. The van der Waals surface area contributed by atoms with E-state index in [4.69, 9.17) is 5.73 Å². The lowest BCUT2D eigenvalue weighted by Crippen LogP contribution is -2.69. The highest BCUT2D eigenvalue weighted by Gasteiger charge is 2.64. The molecule has 2 saturated heterocycles. The first-order valence-electron chi connectivity index (χ1n) is 8.83. The molecule has 0 aromatic carbocycles. The molecule has 0 radical (unpaired) electrons. The zero-order valence-electron chi connectivity index (χ0n) is 14.3. The van der Waals surface area contributed by atoms with Crippen molar-refractivity contribution < 1.29 is 18.0 Å². The molecule has 1 unspecified atom stereocenters. The minimum atomic E-state index is -3.43. The van der Waals surface area contributed by atoms with Crippen molar-refractivity contribution in [3.05, 3.63) is 23.9 Å². The highest BCUT2D eigenvalue weighted by atomic mass is 32.2. The molecular formula is C17H22N4O4S. The van der Waals surface area contributed by atoms with Gasteiger partial charge in [-0.1, -0.05) is 0 Å². The second-order valence-corrected chi connectivity index (χ2v) is 10.00. The third kappa shape index (κ3) is 2.74. The molecule has 0 bridgehead atoms. The number of sulfone groups is 1. The Bertz CT molecular complexity index is 842.